The quantitative estimate of drug-likeness (QED) is 0.493. The highest BCUT2D eigenvalue weighted by Crippen LogP contribution is 2.42. The van der Waals surface area contributed by atoms with E-state index in [1.807, 2.05) is 6.92 Å². The maximum atomic E-state index is 5.85. The monoisotopic (exact) mass is 256 g/mol. The van der Waals surface area contributed by atoms with Gasteiger partial charge in [-0.25, -0.2) is 0 Å². The zero-order valence-corrected chi connectivity index (χ0v) is 11.8. The molecule has 0 saturated heterocycles. The van der Waals surface area contributed by atoms with Crippen molar-refractivity contribution < 1.29 is 0 Å². The van der Waals surface area contributed by atoms with Crippen LogP contribution < -0.4 is 11.3 Å². The second-order valence-corrected chi connectivity index (χ2v) is 5.43. The Morgan fingerprint density at radius 1 is 1.21 bits per heavy atom. The highest BCUT2D eigenvalue weighted by atomic mass is 15.2. The lowest BCUT2D eigenvalue weighted by Gasteiger charge is -2.43. The van der Waals surface area contributed by atoms with Crippen LogP contribution >= 0.6 is 0 Å². The summed E-state index contributed by atoms with van der Waals surface area (Å²) in [5.74, 6) is 12.0. The van der Waals surface area contributed by atoms with Gasteiger partial charge in [0.15, 0.2) is 0 Å². The lowest BCUT2D eigenvalue weighted by molar-refractivity contribution is 0.215. The lowest BCUT2D eigenvalue weighted by atomic mass is 9.64. The molecule has 19 heavy (non-hydrogen) atoms. The molecule has 0 amide bonds. The fraction of sp³-hybridized carbons (Fsp3) is 0.529. The van der Waals surface area contributed by atoms with Crippen molar-refractivity contribution in [1.82, 2.24) is 5.43 Å². The third-order valence-electron chi connectivity index (χ3n) is 4.45. The number of nitrogens with one attached hydrogen (secondary N) is 1. The van der Waals surface area contributed by atoms with E-state index in [1.165, 1.54) is 37.7 Å². The average molecular weight is 256 g/mol. The van der Waals surface area contributed by atoms with Gasteiger partial charge in [-0.05, 0) is 25.3 Å². The molecule has 2 heteroatoms. The molecule has 1 aliphatic rings. The first kappa shape index (κ1) is 14.1. The summed E-state index contributed by atoms with van der Waals surface area (Å²) in [5.41, 5.74) is 4.61. The largest absolute Gasteiger partial charge is 0.271 e. The zero-order valence-electron chi connectivity index (χ0n) is 11.8. The van der Waals surface area contributed by atoms with Crippen molar-refractivity contribution in [2.24, 2.45) is 5.84 Å². The molecule has 1 fully saturated rings. The number of hydrogen-bond acceptors (Lipinski definition) is 2. The van der Waals surface area contributed by atoms with E-state index in [0.717, 1.165) is 6.42 Å². The second-order valence-electron chi connectivity index (χ2n) is 5.43. The van der Waals surface area contributed by atoms with Crippen LogP contribution in [0.15, 0.2) is 30.3 Å². The van der Waals surface area contributed by atoms with Crippen LogP contribution in [0.2, 0.25) is 0 Å². The van der Waals surface area contributed by atoms with Crippen LogP contribution in [-0.4, -0.2) is 6.04 Å². The smallest absolute Gasteiger partial charge is 0.0416 e. The number of rotatable bonds is 4. The van der Waals surface area contributed by atoms with Crippen LogP contribution in [-0.2, 0) is 5.41 Å². The van der Waals surface area contributed by atoms with Gasteiger partial charge in [0, 0.05) is 17.9 Å². The number of benzene rings is 1. The molecule has 1 aromatic rings. The summed E-state index contributed by atoms with van der Waals surface area (Å²) in [7, 11) is 0. The van der Waals surface area contributed by atoms with E-state index in [0.29, 0.717) is 0 Å². The third kappa shape index (κ3) is 3.00. The van der Waals surface area contributed by atoms with E-state index in [9.17, 15) is 0 Å². The maximum absolute atomic E-state index is 5.85. The van der Waals surface area contributed by atoms with Gasteiger partial charge in [0.25, 0.3) is 0 Å². The van der Waals surface area contributed by atoms with Crippen LogP contribution in [0.25, 0.3) is 0 Å². The summed E-state index contributed by atoms with van der Waals surface area (Å²) in [6.45, 7) is 1.89. The van der Waals surface area contributed by atoms with Gasteiger partial charge < -0.3 is 0 Å². The molecule has 0 radical (unpaired) electrons. The van der Waals surface area contributed by atoms with Crippen molar-refractivity contribution in [3.63, 3.8) is 0 Å². The van der Waals surface area contributed by atoms with Crippen LogP contribution in [0.3, 0.4) is 0 Å². The summed E-state index contributed by atoms with van der Waals surface area (Å²) in [6.07, 6.45) is 7.14. The van der Waals surface area contributed by atoms with E-state index in [2.05, 4.69) is 47.6 Å². The van der Waals surface area contributed by atoms with Gasteiger partial charge >= 0.3 is 0 Å². The van der Waals surface area contributed by atoms with Gasteiger partial charge in [-0.3, -0.25) is 11.3 Å². The Balaban J connectivity index is 2.34. The molecule has 0 bridgehead atoms. The number of hydrogen-bond donors (Lipinski definition) is 2. The predicted octanol–water partition coefficient (Wildman–Crippen LogP) is 3.13. The fourth-order valence-corrected chi connectivity index (χ4v) is 3.41. The van der Waals surface area contributed by atoms with Crippen molar-refractivity contribution in [3.8, 4) is 11.8 Å². The highest BCUT2D eigenvalue weighted by Gasteiger charge is 2.40. The zero-order chi connectivity index (χ0) is 13.6. The molecule has 1 atom stereocenters. The molecule has 1 saturated carbocycles. The van der Waals surface area contributed by atoms with E-state index in [-0.39, 0.29) is 11.5 Å². The Bertz CT molecular complexity index is 435. The predicted molar refractivity (Wildman–Crippen MR) is 80.4 cm³/mol. The number of nitrogens with two attached hydrogens (primary N) is 1. The van der Waals surface area contributed by atoms with Gasteiger partial charge in [0.05, 0.1) is 0 Å². The van der Waals surface area contributed by atoms with Crippen LogP contribution in [0.1, 0.15) is 51.0 Å². The van der Waals surface area contributed by atoms with Crippen molar-refractivity contribution >= 4 is 0 Å². The van der Waals surface area contributed by atoms with E-state index >= 15 is 0 Å². The van der Waals surface area contributed by atoms with Crippen LogP contribution in [0.4, 0.5) is 0 Å². The van der Waals surface area contributed by atoms with Crippen molar-refractivity contribution in [2.75, 3.05) is 0 Å². The van der Waals surface area contributed by atoms with Crippen molar-refractivity contribution in [1.29, 1.82) is 0 Å². The van der Waals surface area contributed by atoms with Gasteiger partial charge in [0.1, 0.15) is 0 Å². The molecule has 3 N–H and O–H groups in total. The normalized spacial score (nSPS) is 19.3. The average Bonchev–Trinajstić information content (AvgIpc) is 2.50. The van der Waals surface area contributed by atoms with Crippen LogP contribution in [0.5, 0.6) is 0 Å². The maximum Gasteiger partial charge on any atom is 0.0416 e. The van der Waals surface area contributed by atoms with Gasteiger partial charge in [-0.15, -0.1) is 11.8 Å². The molecule has 1 unspecified atom stereocenters. The molecular weight excluding hydrogens is 232 g/mol. The van der Waals surface area contributed by atoms with E-state index in [1.54, 1.807) is 0 Å². The minimum absolute atomic E-state index is 0.151. The minimum atomic E-state index is 0.151. The van der Waals surface area contributed by atoms with Crippen molar-refractivity contribution in [3.05, 3.63) is 35.9 Å². The molecule has 1 aromatic carbocycles. The summed E-state index contributed by atoms with van der Waals surface area (Å²) >= 11 is 0. The molecule has 0 aromatic heterocycles. The van der Waals surface area contributed by atoms with Gasteiger partial charge in [0.2, 0.25) is 0 Å². The Labute approximate surface area is 116 Å². The Morgan fingerprint density at radius 3 is 2.47 bits per heavy atom. The topological polar surface area (TPSA) is 38.0 Å². The lowest BCUT2D eigenvalue weighted by Crippen LogP contribution is -2.52. The van der Waals surface area contributed by atoms with Crippen LogP contribution in [0, 0.1) is 11.8 Å². The summed E-state index contributed by atoms with van der Waals surface area (Å²) in [5, 5.41) is 0. The Morgan fingerprint density at radius 2 is 1.89 bits per heavy atom. The highest BCUT2D eigenvalue weighted by molar-refractivity contribution is 5.29. The standard InChI is InChI=1S/C17H24N2/c1-2-3-12-16(19-18)17(13-8-5-9-14-17)15-10-6-4-7-11-15/h4,6-7,10-11,16,19H,5,8-9,12-14,18H2,1H3. The third-order valence-corrected chi connectivity index (χ3v) is 4.45. The minimum Gasteiger partial charge on any atom is -0.271 e. The number of hydrazine groups is 1. The van der Waals surface area contributed by atoms with E-state index < -0.39 is 0 Å². The van der Waals surface area contributed by atoms with Gasteiger partial charge in [-0.1, -0.05) is 49.6 Å². The summed E-state index contributed by atoms with van der Waals surface area (Å²) < 4.78 is 0. The van der Waals surface area contributed by atoms with E-state index in [4.69, 9.17) is 5.84 Å². The fourth-order valence-electron chi connectivity index (χ4n) is 3.41. The summed E-state index contributed by atoms with van der Waals surface area (Å²) in [6, 6.07) is 11.1. The second kappa shape index (κ2) is 6.75. The molecule has 2 nitrogen and oxygen atoms in total. The molecule has 0 spiro atoms. The molecule has 102 valence electrons. The summed E-state index contributed by atoms with van der Waals surface area (Å²) in [4.78, 5) is 0. The first-order chi connectivity index (χ1) is 9.33. The molecule has 2 rings (SSSR count). The first-order valence-corrected chi connectivity index (χ1v) is 7.25. The Kier molecular flexibility index (Phi) is 5.01. The molecule has 0 aliphatic heterocycles. The first-order valence-electron chi connectivity index (χ1n) is 7.25. The van der Waals surface area contributed by atoms with Crippen molar-refractivity contribution in [2.45, 2.75) is 56.9 Å². The molecule has 0 heterocycles. The van der Waals surface area contributed by atoms with Gasteiger partial charge in [-0.2, -0.15) is 0 Å². The molecular formula is C17H24N2. The Hall–Kier alpha value is -1.30. The molecule has 1 aliphatic carbocycles. The SMILES string of the molecule is CC#CCC(NN)C1(c2ccccc2)CCCCC1.